The van der Waals surface area contributed by atoms with Crippen molar-refractivity contribution >= 4 is 17.9 Å². The maximum Gasteiger partial charge on any atom is 0.337 e. The minimum Gasteiger partial charge on any atom is -0.496 e. The Morgan fingerprint density at radius 2 is 2.12 bits per heavy atom. The second-order valence-corrected chi connectivity index (χ2v) is 6.18. The standard InChI is InChI=1S/C20H18N2O3/c1-25-17-5-3-2-4-13(17)10-14-6-7-15-11-22-12-16(20(23)24)8-9-18(22)21-19(14)15/h2-5,8-10,12H,6-7,11H2,1H3,(H,23,24). The average Bonchev–Trinajstić information content (AvgIpc) is 3.01. The smallest absolute Gasteiger partial charge is 0.337 e. The zero-order chi connectivity index (χ0) is 17.4. The lowest BCUT2D eigenvalue weighted by Gasteiger charge is -2.28. The van der Waals surface area contributed by atoms with Crippen LogP contribution < -0.4 is 4.74 Å². The molecular formula is C20H18N2O3. The third kappa shape index (κ3) is 2.78. The molecule has 3 aliphatic rings. The van der Waals surface area contributed by atoms with Crippen LogP contribution in [0.4, 0.5) is 0 Å². The minimum atomic E-state index is -0.918. The Kier molecular flexibility index (Phi) is 3.76. The summed E-state index contributed by atoms with van der Waals surface area (Å²) in [7, 11) is 1.68. The van der Waals surface area contributed by atoms with Crippen LogP contribution >= 0.6 is 0 Å². The van der Waals surface area contributed by atoms with Gasteiger partial charge < -0.3 is 14.7 Å². The highest BCUT2D eigenvalue weighted by Gasteiger charge is 2.28. The zero-order valence-electron chi connectivity index (χ0n) is 13.9. The van der Waals surface area contributed by atoms with Gasteiger partial charge in [-0.05, 0) is 48.3 Å². The summed E-state index contributed by atoms with van der Waals surface area (Å²) < 4.78 is 5.43. The number of carboxylic acid groups (broad SMARTS) is 1. The third-order valence-corrected chi connectivity index (χ3v) is 4.64. The number of ether oxygens (including phenoxy) is 1. The predicted molar refractivity (Wildman–Crippen MR) is 96.2 cm³/mol. The summed E-state index contributed by atoms with van der Waals surface area (Å²) in [6.45, 7) is 0.693. The first-order valence-corrected chi connectivity index (χ1v) is 8.20. The molecule has 0 radical (unpaired) electrons. The monoisotopic (exact) mass is 334 g/mol. The topological polar surface area (TPSA) is 62.1 Å². The van der Waals surface area contributed by atoms with Gasteiger partial charge >= 0.3 is 5.97 Å². The second-order valence-electron chi connectivity index (χ2n) is 6.18. The van der Waals surface area contributed by atoms with Crippen LogP contribution in [0.5, 0.6) is 5.75 Å². The Balaban J connectivity index is 1.67. The molecule has 1 aromatic rings. The number of carbonyl (C=O) groups is 1. The minimum absolute atomic E-state index is 0.283. The Morgan fingerprint density at radius 1 is 1.28 bits per heavy atom. The van der Waals surface area contributed by atoms with Crippen molar-refractivity contribution in [1.29, 1.82) is 0 Å². The fourth-order valence-corrected chi connectivity index (χ4v) is 3.38. The highest BCUT2D eigenvalue weighted by Crippen LogP contribution is 2.38. The van der Waals surface area contributed by atoms with Crippen LogP contribution in [0, 0.1) is 0 Å². The summed E-state index contributed by atoms with van der Waals surface area (Å²) in [6, 6.07) is 7.94. The van der Waals surface area contributed by atoms with Crippen molar-refractivity contribution in [2.75, 3.05) is 13.7 Å². The number of amidine groups is 1. The second kappa shape index (κ2) is 6.09. The lowest BCUT2D eigenvalue weighted by molar-refractivity contribution is -0.132. The van der Waals surface area contributed by atoms with E-state index >= 15 is 0 Å². The van der Waals surface area contributed by atoms with Gasteiger partial charge in [0.1, 0.15) is 11.6 Å². The number of nitrogens with zero attached hydrogens (tertiary/aromatic N) is 2. The molecule has 0 saturated heterocycles. The number of hydrogen-bond donors (Lipinski definition) is 1. The SMILES string of the molecule is COc1ccccc1C=C1CCC2=C1N=C1C=CC(C(=O)O)=CN1C2. The van der Waals surface area contributed by atoms with E-state index in [-0.39, 0.29) is 5.57 Å². The van der Waals surface area contributed by atoms with Gasteiger partial charge in [0, 0.05) is 18.3 Å². The molecule has 0 bridgehead atoms. The van der Waals surface area contributed by atoms with E-state index in [1.807, 2.05) is 29.2 Å². The first kappa shape index (κ1) is 15.4. The molecule has 0 spiro atoms. The number of benzene rings is 1. The predicted octanol–water partition coefficient (Wildman–Crippen LogP) is 3.38. The summed E-state index contributed by atoms with van der Waals surface area (Å²) in [6.07, 6.45) is 9.06. The number of aliphatic carboxylic acids is 1. The van der Waals surface area contributed by atoms with Crippen LogP contribution in [-0.2, 0) is 4.79 Å². The van der Waals surface area contributed by atoms with Gasteiger partial charge in [-0.1, -0.05) is 18.2 Å². The van der Waals surface area contributed by atoms with Gasteiger partial charge in [0.05, 0.1) is 18.4 Å². The van der Waals surface area contributed by atoms with E-state index in [9.17, 15) is 4.79 Å². The fraction of sp³-hybridized carbons (Fsp3) is 0.200. The van der Waals surface area contributed by atoms with E-state index in [1.54, 1.807) is 25.5 Å². The largest absolute Gasteiger partial charge is 0.496 e. The summed E-state index contributed by atoms with van der Waals surface area (Å²) in [4.78, 5) is 17.8. The molecule has 0 aromatic heterocycles. The Bertz CT molecular complexity index is 903. The van der Waals surface area contributed by atoms with Gasteiger partial charge in [0.2, 0.25) is 0 Å². The molecule has 5 nitrogen and oxygen atoms in total. The van der Waals surface area contributed by atoms with E-state index < -0.39 is 5.97 Å². The van der Waals surface area contributed by atoms with Gasteiger partial charge in [-0.2, -0.15) is 0 Å². The number of rotatable bonds is 3. The van der Waals surface area contributed by atoms with Crippen molar-refractivity contribution < 1.29 is 14.6 Å². The van der Waals surface area contributed by atoms with Crippen LogP contribution in [0.25, 0.3) is 6.08 Å². The van der Waals surface area contributed by atoms with Gasteiger partial charge in [-0.15, -0.1) is 0 Å². The molecular weight excluding hydrogens is 316 g/mol. The summed E-state index contributed by atoms with van der Waals surface area (Å²) in [5, 5.41) is 9.15. The van der Waals surface area contributed by atoms with Crippen molar-refractivity contribution in [2.45, 2.75) is 12.8 Å². The van der Waals surface area contributed by atoms with Crippen molar-refractivity contribution in [1.82, 2.24) is 4.90 Å². The summed E-state index contributed by atoms with van der Waals surface area (Å²) in [5.41, 5.74) is 4.82. The van der Waals surface area contributed by atoms with E-state index in [0.29, 0.717) is 6.54 Å². The van der Waals surface area contributed by atoms with E-state index in [2.05, 4.69) is 6.08 Å². The van der Waals surface area contributed by atoms with Crippen molar-refractivity contribution in [2.24, 2.45) is 4.99 Å². The van der Waals surface area contributed by atoms with Crippen LogP contribution in [0.15, 0.2) is 70.0 Å². The van der Waals surface area contributed by atoms with E-state index in [1.165, 1.54) is 11.1 Å². The summed E-state index contributed by atoms with van der Waals surface area (Å²) in [5.74, 6) is 0.718. The molecule has 0 saturated carbocycles. The van der Waals surface area contributed by atoms with Crippen molar-refractivity contribution in [3.63, 3.8) is 0 Å². The van der Waals surface area contributed by atoms with Crippen molar-refractivity contribution in [3.8, 4) is 5.75 Å². The van der Waals surface area contributed by atoms with Crippen LogP contribution in [0.1, 0.15) is 18.4 Å². The van der Waals surface area contributed by atoms with E-state index in [0.717, 1.165) is 35.7 Å². The number of allylic oxidation sites excluding steroid dienone is 1. The molecule has 5 heteroatoms. The molecule has 25 heavy (non-hydrogen) atoms. The number of methoxy groups -OCH3 is 1. The Morgan fingerprint density at radius 3 is 2.92 bits per heavy atom. The van der Waals surface area contributed by atoms with Crippen LogP contribution in [0.2, 0.25) is 0 Å². The maximum absolute atomic E-state index is 11.2. The number of para-hydroxylation sites is 1. The number of hydrogen-bond acceptors (Lipinski definition) is 4. The molecule has 0 atom stereocenters. The van der Waals surface area contributed by atoms with Gasteiger partial charge in [-0.25, -0.2) is 9.79 Å². The molecule has 0 amide bonds. The lowest BCUT2D eigenvalue weighted by Crippen LogP contribution is -2.32. The molecule has 0 fully saturated rings. The molecule has 2 heterocycles. The van der Waals surface area contributed by atoms with Crippen molar-refractivity contribution in [3.05, 3.63) is 70.6 Å². The van der Waals surface area contributed by atoms with Crippen LogP contribution in [0.3, 0.4) is 0 Å². The quantitative estimate of drug-likeness (QED) is 0.920. The van der Waals surface area contributed by atoms with E-state index in [4.69, 9.17) is 14.8 Å². The van der Waals surface area contributed by atoms with Crippen LogP contribution in [-0.4, -0.2) is 35.5 Å². The molecule has 0 unspecified atom stereocenters. The summed E-state index contributed by atoms with van der Waals surface area (Å²) >= 11 is 0. The van der Waals surface area contributed by atoms with Gasteiger partial charge in [0.25, 0.3) is 0 Å². The third-order valence-electron chi connectivity index (χ3n) is 4.64. The Hall–Kier alpha value is -3.08. The van der Waals surface area contributed by atoms with Gasteiger partial charge in [0.15, 0.2) is 0 Å². The first-order chi connectivity index (χ1) is 12.2. The molecule has 1 aromatic carbocycles. The molecule has 1 aliphatic carbocycles. The lowest BCUT2D eigenvalue weighted by atomic mass is 10.1. The Labute approximate surface area is 145 Å². The fourth-order valence-electron chi connectivity index (χ4n) is 3.38. The molecule has 1 N–H and O–H groups in total. The normalized spacial score (nSPS) is 20.2. The molecule has 126 valence electrons. The average molecular weight is 334 g/mol. The zero-order valence-corrected chi connectivity index (χ0v) is 13.9. The maximum atomic E-state index is 11.2. The number of fused-ring (bicyclic) bond motifs is 1. The highest BCUT2D eigenvalue weighted by molar-refractivity contribution is 6.02. The first-order valence-electron chi connectivity index (χ1n) is 8.20. The number of aliphatic imine (C=N–C) groups is 1. The highest BCUT2D eigenvalue weighted by atomic mass is 16.5. The molecule has 4 rings (SSSR count). The molecule has 2 aliphatic heterocycles. The van der Waals surface area contributed by atoms with Gasteiger partial charge in [-0.3, -0.25) is 0 Å². The number of carboxylic acids is 1.